The molecule has 3 unspecified atom stereocenters. The van der Waals surface area contributed by atoms with Crippen LogP contribution in [-0.2, 0) is 11.2 Å². The van der Waals surface area contributed by atoms with E-state index in [1.165, 1.54) is 32.1 Å². The van der Waals surface area contributed by atoms with Crippen LogP contribution < -0.4 is 0 Å². The number of piperidine rings is 1. The molecular formula is C19H28N2O. The molecule has 3 atom stereocenters. The molecule has 0 radical (unpaired) electrons. The van der Waals surface area contributed by atoms with Crippen molar-refractivity contribution in [2.75, 3.05) is 6.54 Å². The minimum atomic E-state index is 0.375. The van der Waals surface area contributed by atoms with Crippen LogP contribution in [0.4, 0.5) is 0 Å². The van der Waals surface area contributed by atoms with Crippen LogP contribution in [0.5, 0.6) is 0 Å². The lowest BCUT2D eigenvalue weighted by Gasteiger charge is -2.45. The Morgan fingerprint density at radius 3 is 3.05 bits per heavy atom. The van der Waals surface area contributed by atoms with Gasteiger partial charge in [-0.2, -0.15) is 0 Å². The summed E-state index contributed by atoms with van der Waals surface area (Å²) in [4.78, 5) is 19.2. The second-order valence-corrected chi connectivity index (χ2v) is 7.15. The number of carbonyl (C=O) groups excluding carboxylic acids is 1. The van der Waals surface area contributed by atoms with E-state index in [0.717, 1.165) is 36.9 Å². The van der Waals surface area contributed by atoms with Crippen molar-refractivity contribution in [1.29, 1.82) is 0 Å². The highest BCUT2D eigenvalue weighted by molar-refractivity contribution is 5.76. The fourth-order valence-electron chi connectivity index (χ4n) is 4.31. The van der Waals surface area contributed by atoms with E-state index in [2.05, 4.69) is 16.8 Å². The van der Waals surface area contributed by atoms with Crippen molar-refractivity contribution >= 4 is 5.91 Å². The van der Waals surface area contributed by atoms with Gasteiger partial charge in [0, 0.05) is 30.9 Å². The molecule has 3 heteroatoms. The quantitative estimate of drug-likeness (QED) is 0.846. The molecule has 1 aliphatic carbocycles. The van der Waals surface area contributed by atoms with Crippen molar-refractivity contribution in [2.24, 2.45) is 11.8 Å². The van der Waals surface area contributed by atoms with E-state index < -0.39 is 0 Å². The lowest BCUT2D eigenvalue weighted by molar-refractivity contribution is -0.138. The van der Waals surface area contributed by atoms with Crippen molar-refractivity contribution < 1.29 is 4.79 Å². The van der Waals surface area contributed by atoms with Crippen LogP contribution >= 0.6 is 0 Å². The monoisotopic (exact) mass is 300 g/mol. The lowest BCUT2D eigenvalue weighted by atomic mass is 9.74. The Labute approximate surface area is 134 Å². The number of likely N-dealkylation sites (tertiary alicyclic amines) is 1. The summed E-state index contributed by atoms with van der Waals surface area (Å²) in [5.74, 6) is 1.98. The zero-order chi connectivity index (χ0) is 15.4. The molecule has 0 bridgehead atoms. The highest BCUT2D eigenvalue weighted by atomic mass is 16.2. The third kappa shape index (κ3) is 3.68. The standard InChI is InChI=1S/C19H28N2O/c1-15-10-11-18-16(14-15)6-5-13-21(18)19(22)9-4-8-17-7-2-3-12-20-17/h2-3,7,12,15-16,18H,4-6,8-11,13-14H2,1H3. The summed E-state index contributed by atoms with van der Waals surface area (Å²) in [5, 5.41) is 0. The maximum Gasteiger partial charge on any atom is 0.222 e. The van der Waals surface area contributed by atoms with Gasteiger partial charge in [-0.15, -0.1) is 0 Å². The van der Waals surface area contributed by atoms with Crippen LogP contribution in [0.15, 0.2) is 24.4 Å². The van der Waals surface area contributed by atoms with Crippen LogP contribution in [-0.4, -0.2) is 28.4 Å². The molecule has 2 aliphatic rings. The molecule has 1 aromatic heterocycles. The van der Waals surface area contributed by atoms with Crippen molar-refractivity contribution in [2.45, 2.75) is 64.3 Å². The number of nitrogens with zero attached hydrogens (tertiary/aromatic N) is 2. The Kier molecular flexibility index (Phi) is 5.12. The third-order valence-electron chi connectivity index (χ3n) is 5.45. The summed E-state index contributed by atoms with van der Waals surface area (Å²) >= 11 is 0. The molecule has 3 rings (SSSR count). The first-order valence-electron chi connectivity index (χ1n) is 8.93. The second-order valence-electron chi connectivity index (χ2n) is 7.15. The smallest absolute Gasteiger partial charge is 0.222 e. The van der Waals surface area contributed by atoms with Gasteiger partial charge >= 0.3 is 0 Å². The predicted octanol–water partition coefficient (Wildman–Crippen LogP) is 3.83. The van der Waals surface area contributed by atoms with Gasteiger partial charge < -0.3 is 4.90 Å². The maximum absolute atomic E-state index is 12.6. The molecule has 2 heterocycles. The number of aromatic nitrogens is 1. The van der Waals surface area contributed by atoms with Gasteiger partial charge in [0.05, 0.1) is 0 Å². The molecule has 3 nitrogen and oxygen atoms in total. The molecule has 1 aliphatic heterocycles. The Hall–Kier alpha value is -1.38. The van der Waals surface area contributed by atoms with Crippen molar-refractivity contribution in [1.82, 2.24) is 9.88 Å². The minimum absolute atomic E-state index is 0.375. The van der Waals surface area contributed by atoms with Crippen LogP contribution in [0, 0.1) is 11.8 Å². The van der Waals surface area contributed by atoms with E-state index in [0.29, 0.717) is 18.4 Å². The Balaban J connectivity index is 1.51. The molecule has 120 valence electrons. The van der Waals surface area contributed by atoms with Crippen molar-refractivity contribution in [3.8, 4) is 0 Å². The molecule has 22 heavy (non-hydrogen) atoms. The molecule has 0 spiro atoms. The number of fused-ring (bicyclic) bond motifs is 1. The van der Waals surface area contributed by atoms with E-state index >= 15 is 0 Å². The van der Waals surface area contributed by atoms with Gasteiger partial charge in [-0.25, -0.2) is 0 Å². The van der Waals surface area contributed by atoms with Gasteiger partial charge in [-0.05, 0) is 68.9 Å². The number of rotatable bonds is 4. The third-order valence-corrected chi connectivity index (χ3v) is 5.45. The molecule has 1 aromatic rings. The van der Waals surface area contributed by atoms with E-state index in [1.54, 1.807) is 0 Å². The van der Waals surface area contributed by atoms with E-state index in [9.17, 15) is 4.79 Å². The van der Waals surface area contributed by atoms with Gasteiger partial charge in [0.2, 0.25) is 5.91 Å². The molecule has 0 aromatic carbocycles. The molecule has 1 amide bonds. The van der Waals surface area contributed by atoms with E-state index in [4.69, 9.17) is 0 Å². The summed E-state index contributed by atoms with van der Waals surface area (Å²) in [5.41, 5.74) is 1.10. The first-order valence-corrected chi connectivity index (χ1v) is 8.93. The molecule has 1 saturated carbocycles. The summed E-state index contributed by atoms with van der Waals surface area (Å²) in [6.45, 7) is 3.35. The Morgan fingerprint density at radius 2 is 2.23 bits per heavy atom. The predicted molar refractivity (Wildman–Crippen MR) is 88.4 cm³/mol. The topological polar surface area (TPSA) is 33.2 Å². The number of carbonyl (C=O) groups is 1. The van der Waals surface area contributed by atoms with E-state index in [-0.39, 0.29) is 0 Å². The van der Waals surface area contributed by atoms with Gasteiger partial charge in [0.15, 0.2) is 0 Å². The number of pyridine rings is 1. The average molecular weight is 300 g/mol. The number of aryl methyl sites for hydroxylation is 1. The fraction of sp³-hybridized carbons (Fsp3) is 0.684. The normalized spacial score (nSPS) is 28.2. The summed E-state index contributed by atoms with van der Waals surface area (Å²) in [7, 11) is 0. The fourth-order valence-corrected chi connectivity index (χ4v) is 4.31. The Morgan fingerprint density at radius 1 is 1.32 bits per heavy atom. The summed E-state index contributed by atoms with van der Waals surface area (Å²) < 4.78 is 0. The van der Waals surface area contributed by atoms with E-state index in [1.807, 2.05) is 24.4 Å². The van der Waals surface area contributed by atoms with Gasteiger partial charge in [-0.3, -0.25) is 9.78 Å². The minimum Gasteiger partial charge on any atom is -0.339 e. The highest BCUT2D eigenvalue weighted by Gasteiger charge is 2.37. The number of hydrogen-bond donors (Lipinski definition) is 0. The van der Waals surface area contributed by atoms with Crippen molar-refractivity contribution in [3.05, 3.63) is 30.1 Å². The summed E-state index contributed by atoms with van der Waals surface area (Å²) in [6.07, 6.45) is 10.7. The highest BCUT2D eigenvalue weighted by Crippen LogP contribution is 2.38. The molecule has 0 N–H and O–H groups in total. The number of hydrogen-bond acceptors (Lipinski definition) is 2. The molecule has 1 saturated heterocycles. The van der Waals surface area contributed by atoms with Gasteiger partial charge in [0.25, 0.3) is 0 Å². The first kappa shape index (κ1) is 15.5. The van der Waals surface area contributed by atoms with Gasteiger partial charge in [0.1, 0.15) is 0 Å². The maximum atomic E-state index is 12.6. The van der Waals surface area contributed by atoms with Crippen molar-refractivity contribution in [3.63, 3.8) is 0 Å². The summed E-state index contributed by atoms with van der Waals surface area (Å²) in [6, 6.07) is 6.53. The zero-order valence-corrected chi connectivity index (χ0v) is 13.7. The SMILES string of the molecule is CC1CCC2C(CCCN2C(=O)CCCc2ccccn2)C1. The zero-order valence-electron chi connectivity index (χ0n) is 13.7. The molecule has 2 fully saturated rings. The second kappa shape index (κ2) is 7.26. The average Bonchev–Trinajstić information content (AvgIpc) is 2.55. The largest absolute Gasteiger partial charge is 0.339 e. The Bertz CT molecular complexity index is 487. The van der Waals surface area contributed by atoms with Crippen LogP contribution in [0.2, 0.25) is 0 Å². The van der Waals surface area contributed by atoms with Crippen LogP contribution in [0.25, 0.3) is 0 Å². The number of amides is 1. The van der Waals surface area contributed by atoms with Crippen LogP contribution in [0.1, 0.15) is 57.6 Å². The van der Waals surface area contributed by atoms with Crippen LogP contribution in [0.3, 0.4) is 0 Å². The van der Waals surface area contributed by atoms with Gasteiger partial charge in [-0.1, -0.05) is 13.0 Å². The lowest BCUT2D eigenvalue weighted by Crippen LogP contribution is -2.50. The first-order chi connectivity index (χ1) is 10.7. The molecular weight excluding hydrogens is 272 g/mol.